The molecule has 0 bridgehead atoms. The molecule has 9 heteroatoms. The number of nitrogens with zero attached hydrogens (tertiary/aromatic N) is 4. The largest absolute Gasteiger partial charge is 0.399 e. The fourth-order valence-corrected chi connectivity index (χ4v) is 3.27. The average Bonchev–Trinajstić information content (AvgIpc) is 3.13. The summed E-state index contributed by atoms with van der Waals surface area (Å²) in [5, 5.41) is 13.5. The van der Waals surface area contributed by atoms with Crippen molar-refractivity contribution in [3.05, 3.63) is 81.9 Å². The molecule has 142 valence electrons. The molecule has 28 heavy (non-hydrogen) atoms. The number of benzene rings is 2. The highest BCUT2D eigenvalue weighted by atomic mass is 35.5. The zero-order valence-corrected chi connectivity index (χ0v) is 15.5. The lowest BCUT2D eigenvalue weighted by atomic mass is 9.96. The van der Waals surface area contributed by atoms with Crippen LogP contribution in [0.2, 0.25) is 10.0 Å². The predicted molar refractivity (Wildman–Crippen MR) is 100 cm³/mol. The molecule has 0 fully saturated rings. The second-order valence-electron chi connectivity index (χ2n) is 5.78. The molecule has 1 unspecified atom stereocenters. The first-order valence-corrected chi connectivity index (χ1v) is 8.64. The first-order valence-electron chi connectivity index (χ1n) is 7.88. The van der Waals surface area contributed by atoms with Crippen LogP contribution in [0.3, 0.4) is 0 Å². The minimum absolute atomic E-state index is 0.0833. The monoisotopic (exact) mass is 422 g/mol. The number of hydrogen-bond acceptors (Lipinski definition) is 3. The van der Waals surface area contributed by atoms with Gasteiger partial charge in [-0.1, -0.05) is 47.5 Å². The number of allylic oxidation sites excluding steroid dienone is 1. The zero-order chi connectivity index (χ0) is 20.3. The van der Waals surface area contributed by atoms with Crippen molar-refractivity contribution in [2.45, 2.75) is 12.1 Å². The van der Waals surface area contributed by atoms with Crippen LogP contribution in [-0.2, 0) is 0 Å². The highest BCUT2D eigenvalue weighted by molar-refractivity contribution is 6.34. The van der Waals surface area contributed by atoms with Crippen LogP contribution in [0.5, 0.6) is 0 Å². The molecule has 3 rings (SSSR count). The van der Waals surface area contributed by atoms with Crippen LogP contribution < -0.4 is 0 Å². The van der Waals surface area contributed by atoms with Gasteiger partial charge in [0.25, 0.3) is 0 Å². The van der Waals surface area contributed by atoms with Crippen molar-refractivity contribution < 1.29 is 13.2 Å². The smallest absolute Gasteiger partial charge is 0.223 e. The molecule has 0 aliphatic carbocycles. The molecule has 0 spiro atoms. The van der Waals surface area contributed by atoms with E-state index in [1.807, 2.05) is 6.07 Å². The summed E-state index contributed by atoms with van der Waals surface area (Å²) in [7, 11) is 0. The second kappa shape index (κ2) is 8.05. The maximum Gasteiger partial charge on any atom is 0.399 e. The Balaban J connectivity index is 2.09. The molecule has 1 atom stereocenters. The number of hydrogen-bond donors (Lipinski definition) is 0. The van der Waals surface area contributed by atoms with Crippen LogP contribution in [0.4, 0.5) is 13.2 Å². The molecule has 0 amide bonds. The third kappa shape index (κ3) is 4.35. The zero-order valence-electron chi connectivity index (χ0n) is 14.0. The molecule has 2 aromatic carbocycles. The van der Waals surface area contributed by atoms with E-state index in [1.165, 1.54) is 41.6 Å². The normalized spacial score (nSPS) is 12.9. The predicted octanol–water partition coefficient (Wildman–Crippen LogP) is 5.81. The van der Waals surface area contributed by atoms with Gasteiger partial charge in [-0.3, -0.25) is 0 Å². The van der Waals surface area contributed by atoms with Gasteiger partial charge >= 0.3 is 6.18 Å². The summed E-state index contributed by atoms with van der Waals surface area (Å²) in [6.45, 7) is 0. The third-order valence-corrected chi connectivity index (χ3v) is 4.34. The summed E-state index contributed by atoms with van der Waals surface area (Å²) in [5.41, 5.74) is 0.887. The minimum Gasteiger partial charge on any atom is -0.223 e. The van der Waals surface area contributed by atoms with E-state index in [2.05, 4.69) is 10.1 Å². The van der Waals surface area contributed by atoms with Gasteiger partial charge < -0.3 is 0 Å². The third-order valence-electron chi connectivity index (χ3n) is 3.90. The first kappa shape index (κ1) is 19.9. The van der Waals surface area contributed by atoms with E-state index in [4.69, 9.17) is 23.2 Å². The number of rotatable bonds is 4. The highest BCUT2D eigenvalue weighted by Gasteiger charge is 2.39. The van der Waals surface area contributed by atoms with Crippen molar-refractivity contribution in [2.75, 3.05) is 0 Å². The van der Waals surface area contributed by atoms with Gasteiger partial charge in [0.05, 0.1) is 17.2 Å². The minimum atomic E-state index is -4.56. The lowest BCUT2D eigenvalue weighted by Crippen LogP contribution is -2.19. The van der Waals surface area contributed by atoms with Crippen molar-refractivity contribution in [3.63, 3.8) is 0 Å². The lowest BCUT2D eigenvalue weighted by Gasteiger charge is -2.18. The molecule has 0 aliphatic rings. The van der Waals surface area contributed by atoms with Gasteiger partial charge in [-0.25, -0.2) is 9.67 Å². The Labute approximate surface area is 168 Å². The van der Waals surface area contributed by atoms with E-state index in [9.17, 15) is 18.4 Å². The van der Waals surface area contributed by atoms with Crippen molar-refractivity contribution in [1.29, 1.82) is 5.26 Å². The highest BCUT2D eigenvalue weighted by Crippen LogP contribution is 2.38. The van der Waals surface area contributed by atoms with E-state index >= 15 is 0 Å². The van der Waals surface area contributed by atoms with E-state index in [0.717, 1.165) is 6.08 Å². The Bertz CT molecular complexity index is 1030. The van der Waals surface area contributed by atoms with Crippen LogP contribution >= 0.6 is 23.2 Å². The molecule has 1 heterocycles. The molecule has 4 nitrogen and oxygen atoms in total. The Morgan fingerprint density at radius 2 is 1.86 bits per heavy atom. The molecule has 1 aromatic heterocycles. The SMILES string of the molecule is N#Cc1cccc(/C=C/C(c2cc(Cl)cc(Cl)c2)C(F)(F)F)c1-n1cncn1. The summed E-state index contributed by atoms with van der Waals surface area (Å²) in [5.74, 6) is -1.93. The summed E-state index contributed by atoms with van der Waals surface area (Å²) >= 11 is 11.7. The Kier molecular flexibility index (Phi) is 5.73. The van der Waals surface area contributed by atoms with Crippen LogP contribution in [0.25, 0.3) is 11.8 Å². The molecule has 0 aliphatic heterocycles. The second-order valence-corrected chi connectivity index (χ2v) is 6.65. The van der Waals surface area contributed by atoms with Gasteiger partial charge in [-0.05, 0) is 29.8 Å². The van der Waals surface area contributed by atoms with E-state index in [0.29, 0.717) is 11.3 Å². The maximum absolute atomic E-state index is 13.7. The van der Waals surface area contributed by atoms with Gasteiger partial charge in [0.1, 0.15) is 18.7 Å². The number of halogens is 5. The Morgan fingerprint density at radius 3 is 2.43 bits per heavy atom. The topological polar surface area (TPSA) is 54.5 Å². The Morgan fingerprint density at radius 1 is 1.14 bits per heavy atom. The number of para-hydroxylation sites is 1. The van der Waals surface area contributed by atoms with Crippen molar-refractivity contribution >= 4 is 29.3 Å². The maximum atomic E-state index is 13.7. The first-order chi connectivity index (χ1) is 13.3. The molecule has 3 aromatic rings. The van der Waals surface area contributed by atoms with Crippen molar-refractivity contribution in [2.24, 2.45) is 0 Å². The van der Waals surface area contributed by atoms with E-state index in [1.54, 1.807) is 18.2 Å². The van der Waals surface area contributed by atoms with Gasteiger partial charge in [-0.15, -0.1) is 0 Å². The van der Waals surface area contributed by atoms with Crippen LogP contribution in [-0.4, -0.2) is 20.9 Å². The molecule has 0 saturated carbocycles. The van der Waals surface area contributed by atoms with Gasteiger partial charge in [0.2, 0.25) is 0 Å². The van der Waals surface area contributed by atoms with Gasteiger partial charge in [0.15, 0.2) is 0 Å². The van der Waals surface area contributed by atoms with Gasteiger partial charge in [-0.2, -0.15) is 23.5 Å². The van der Waals surface area contributed by atoms with Crippen LogP contribution in [0.15, 0.2) is 55.1 Å². The van der Waals surface area contributed by atoms with Crippen molar-refractivity contribution in [1.82, 2.24) is 14.8 Å². The number of aromatic nitrogens is 3. The molecule has 0 radical (unpaired) electrons. The fourth-order valence-electron chi connectivity index (χ4n) is 2.73. The fraction of sp³-hybridized carbons (Fsp3) is 0.105. The van der Waals surface area contributed by atoms with Crippen molar-refractivity contribution in [3.8, 4) is 11.8 Å². The van der Waals surface area contributed by atoms with E-state index < -0.39 is 12.1 Å². The molecular weight excluding hydrogens is 412 g/mol. The van der Waals surface area contributed by atoms with Crippen LogP contribution in [0.1, 0.15) is 22.6 Å². The van der Waals surface area contributed by atoms with Crippen LogP contribution in [0, 0.1) is 11.3 Å². The molecular formula is C19H11Cl2F3N4. The summed E-state index contributed by atoms with van der Waals surface area (Å²) in [6.07, 6.45) is 0.369. The standard InChI is InChI=1S/C19H11Cl2F3N4/c20-15-6-14(7-16(21)8-15)17(19(22,23)24)5-4-12-2-1-3-13(9-25)18(12)28-11-26-10-27-28/h1-8,10-11,17H/b5-4+. The lowest BCUT2D eigenvalue weighted by molar-refractivity contribution is -0.139. The number of alkyl halides is 3. The summed E-state index contributed by atoms with van der Waals surface area (Å²) in [6, 6.07) is 10.5. The summed E-state index contributed by atoms with van der Waals surface area (Å²) in [4.78, 5) is 3.83. The number of nitriles is 1. The summed E-state index contributed by atoms with van der Waals surface area (Å²) < 4.78 is 42.4. The van der Waals surface area contributed by atoms with Gasteiger partial charge in [0, 0.05) is 15.6 Å². The quantitative estimate of drug-likeness (QED) is 0.533. The molecule has 0 saturated heterocycles. The van der Waals surface area contributed by atoms with E-state index in [-0.39, 0.29) is 21.2 Å². The molecule has 0 N–H and O–H groups in total. The Hall–Kier alpha value is -2.82. The average molecular weight is 423 g/mol.